The molecule has 0 unspecified atom stereocenters. The lowest BCUT2D eigenvalue weighted by atomic mass is 10.8. The number of hydrogen-bond acceptors (Lipinski definition) is 3. The Morgan fingerprint density at radius 2 is 2.22 bits per heavy atom. The normalized spacial score (nSPS) is 10.0. The second-order valence-corrected chi connectivity index (χ2v) is 2.07. The lowest BCUT2D eigenvalue weighted by molar-refractivity contribution is 0.618. The van der Waals surface area contributed by atoms with Gasteiger partial charge in [0.1, 0.15) is 0 Å². The molecule has 0 amide bonds. The molecule has 9 heavy (non-hydrogen) atoms. The van der Waals surface area contributed by atoms with E-state index in [9.17, 15) is 0 Å². The van der Waals surface area contributed by atoms with Crippen LogP contribution in [0.1, 0.15) is 6.92 Å². The highest BCUT2D eigenvalue weighted by molar-refractivity contribution is 7.71. The van der Waals surface area contributed by atoms with E-state index in [-0.39, 0.29) is 0 Å². The van der Waals surface area contributed by atoms with Crippen LogP contribution in [0.25, 0.3) is 0 Å². The zero-order valence-electron chi connectivity index (χ0n) is 5.40. The fourth-order valence-corrected chi connectivity index (χ4v) is 0.752. The van der Waals surface area contributed by atoms with Gasteiger partial charge in [0, 0.05) is 13.6 Å². The number of aromatic nitrogens is 4. The Morgan fingerprint density at radius 3 is 2.44 bits per heavy atom. The molecule has 0 saturated carbocycles. The van der Waals surface area contributed by atoms with Gasteiger partial charge in [-0.05, 0) is 29.6 Å². The van der Waals surface area contributed by atoms with Crippen molar-refractivity contribution < 1.29 is 0 Å². The summed E-state index contributed by atoms with van der Waals surface area (Å²) in [5.74, 6) is 0. The number of rotatable bonds is 1. The van der Waals surface area contributed by atoms with E-state index in [4.69, 9.17) is 12.2 Å². The first-order valence-electron chi connectivity index (χ1n) is 2.72. The summed E-state index contributed by atoms with van der Waals surface area (Å²) in [4.78, 5) is 0. The molecule has 5 heteroatoms. The molecule has 4 nitrogen and oxygen atoms in total. The van der Waals surface area contributed by atoms with Crippen molar-refractivity contribution in [3.63, 3.8) is 0 Å². The Morgan fingerprint density at radius 1 is 1.56 bits per heavy atom. The Balaban J connectivity index is 3.20. The van der Waals surface area contributed by atoms with E-state index in [0.717, 1.165) is 6.54 Å². The highest BCUT2D eigenvalue weighted by Crippen LogP contribution is 1.84. The standard InChI is InChI=1S/C4H8N4S/c1-3-8-4(9)7(2)5-6-8/h3H2,1-2H3. The Hall–Kier alpha value is -0.710. The Labute approximate surface area is 58.1 Å². The number of nitrogens with zero attached hydrogens (tertiary/aromatic N) is 4. The quantitative estimate of drug-likeness (QED) is 0.534. The lowest BCUT2D eigenvalue weighted by Gasteiger charge is -1.87. The van der Waals surface area contributed by atoms with Crippen LogP contribution in [0.5, 0.6) is 0 Å². The van der Waals surface area contributed by atoms with Gasteiger partial charge in [-0.3, -0.25) is 0 Å². The summed E-state index contributed by atoms with van der Waals surface area (Å²) in [7, 11) is 1.78. The Kier molecular flexibility index (Phi) is 1.61. The third-order valence-corrected chi connectivity index (χ3v) is 1.55. The first-order chi connectivity index (χ1) is 4.25. The molecule has 1 aromatic rings. The van der Waals surface area contributed by atoms with E-state index >= 15 is 0 Å². The molecule has 0 saturated heterocycles. The summed E-state index contributed by atoms with van der Waals surface area (Å²) in [6.07, 6.45) is 0. The van der Waals surface area contributed by atoms with Gasteiger partial charge >= 0.3 is 0 Å². The van der Waals surface area contributed by atoms with Gasteiger partial charge in [0.15, 0.2) is 0 Å². The van der Waals surface area contributed by atoms with Crippen LogP contribution in [0.15, 0.2) is 0 Å². The monoisotopic (exact) mass is 144 g/mol. The summed E-state index contributed by atoms with van der Waals surface area (Å²) in [6, 6.07) is 0. The van der Waals surface area contributed by atoms with Gasteiger partial charge in [-0.25, -0.2) is 9.36 Å². The van der Waals surface area contributed by atoms with Crippen molar-refractivity contribution in [2.45, 2.75) is 13.5 Å². The fraction of sp³-hybridized carbons (Fsp3) is 0.750. The van der Waals surface area contributed by atoms with Crippen LogP contribution >= 0.6 is 12.2 Å². The molecule has 0 N–H and O–H groups in total. The smallest absolute Gasteiger partial charge is 0.215 e. The predicted molar refractivity (Wildman–Crippen MR) is 35.5 cm³/mol. The predicted octanol–water partition coefficient (Wildman–Crippen LogP) is 0.366. The van der Waals surface area contributed by atoms with E-state index in [1.54, 1.807) is 16.4 Å². The highest BCUT2D eigenvalue weighted by atomic mass is 32.1. The van der Waals surface area contributed by atoms with E-state index in [0.29, 0.717) is 4.77 Å². The average molecular weight is 144 g/mol. The van der Waals surface area contributed by atoms with Gasteiger partial charge < -0.3 is 0 Å². The van der Waals surface area contributed by atoms with Gasteiger partial charge in [0.2, 0.25) is 4.77 Å². The number of tetrazole rings is 1. The van der Waals surface area contributed by atoms with Crippen molar-refractivity contribution in [1.82, 2.24) is 19.8 Å². The topological polar surface area (TPSA) is 35.6 Å². The fourth-order valence-electron chi connectivity index (χ4n) is 0.550. The van der Waals surface area contributed by atoms with Gasteiger partial charge in [0.05, 0.1) is 0 Å². The van der Waals surface area contributed by atoms with Gasteiger partial charge in [-0.15, -0.1) is 0 Å². The van der Waals surface area contributed by atoms with Gasteiger partial charge in [-0.1, -0.05) is 0 Å². The van der Waals surface area contributed by atoms with Crippen molar-refractivity contribution in [3.05, 3.63) is 4.77 Å². The average Bonchev–Trinajstić information content (AvgIpc) is 2.15. The molecule has 0 aromatic carbocycles. The third-order valence-electron chi connectivity index (χ3n) is 1.08. The highest BCUT2D eigenvalue weighted by Gasteiger charge is 1.92. The minimum Gasteiger partial charge on any atom is -0.222 e. The number of hydrogen-bond donors (Lipinski definition) is 0. The van der Waals surface area contributed by atoms with E-state index < -0.39 is 0 Å². The maximum absolute atomic E-state index is 4.93. The van der Waals surface area contributed by atoms with Crippen LogP contribution in [-0.2, 0) is 13.6 Å². The van der Waals surface area contributed by atoms with Crippen LogP contribution in [0.3, 0.4) is 0 Å². The Bertz CT molecular complexity index is 247. The minimum atomic E-state index is 0.664. The van der Waals surface area contributed by atoms with Crippen LogP contribution in [-0.4, -0.2) is 19.8 Å². The van der Waals surface area contributed by atoms with E-state index in [2.05, 4.69) is 10.4 Å². The summed E-state index contributed by atoms with van der Waals surface area (Å²) in [5.41, 5.74) is 0. The molecule has 0 radical (unpaired) electrons. The second kappa shape index (κ2) is 2.26. The molecule has 1 aromatic heterocycles. The summed E-state index contributed by atoms with van der Waals surface area (Å²) in [5, 5.41) is 7.47. The zero-order valence-corrected chi connectivity index (χ0v) is 6.22. The van der Waals surface area contributed by atoms with Crippen LogP contribution in [0.2, 0.25) is 0 Å². The van der Waals surface area contributed by atoms with Crippen molar-refractivity contribution in [1.29, 1.82) is 0 Å². The molecule has 0 atom stereocenters. The molecule has 1 rings (SSSR count). The minimum absolute atomic E-state index is 0.664. The maximum Gasteiger partial charge on any atom is 0.215 e. The molecule has 0 aliphatic rings. The molecular formula is C4H8N4S. The second-order valence-electron chi connectivity index (χ2n) is 1.70. The lowest BCUT2D eigenvalue weighted by Crippen LogP contribution is -1.96. The largest absolute Gasteiger partial charge is 0.222 e. The van der Waals surface area contributed by atoms with Crippen LogP contribution < -0.4 is 0 Å². The summed E-state index contributed by atoms with van der Waals surface area (Å²) >= 11 is 4.93. The first kappa shape index (κ1) is 6.41. The number of aryl methyl sites for hydroxylation is 2. The maximum atomic E-state index is 4.93. The van der Waals surface area contributed by atoms with Gasteiger partial charge in [0.25, 0.3) is 0 Å². The molecule has 1 heterocycles. The molecule has 0 aliphatic carbocycles. The van der Waals surface area contributed by atoms with Crippen molar-refractivity contribution in [2.75, 3.05) is 0 Å². The van der Waals surface area contributed by atoms with Gasteiger partial charge in [-0.2, -0.15) is 0 Å². The molecule has 0 fully saturated rings. The van der Waals surface area contributed by atoms with Crippen molar-refractivity contribution >= 4 is 12.2 Å². The van der Waals surface area contributed by atoms with E-state index in [1.165, 1.54) is 0 Å². The molecule has 0 aliphatic heterocycles. The van der Waals surface area contributed by atoms with Crippen LogP contribution in [0.4, 0.5) is 0 Å². The summed E-state index contributed by atoms with van der Waals surface area (Å²) in [6.45, 7) is 2.76. The molecule has 50 valence electrons. The van der Waals surface area contributed by atoms with Crippen molar-refractivity contribution in [3.8, 4) is 0 Å². The summed E-state index contributed by atoms with van der Waals surface area (Å²) < 4.78 is 3.89. The molecule has 0 spiro atoms. The van der Waals surface area contributed by atoms with Crippen LogP contribution in [0, 0.1) is 4.77 Å². The van der Waals surface area contributed by atoms with E-state index in [1.807, 2.05) is 6.92 Å². The third kappa shape index (κ3) is 0.999. The SMILES string of the molecule is CCn1nnn(C)c1=S. The molecular weight excluding hydrogens is 136 g/mol. The zero-order chi connectivity index (χ0) is 6.85. The van der Waals surface area contributed by atoms with Crippen molar-refractivity contribution in [2.24, 2.45) is 7.05 Å². The first-order valence-corrected chi connectivity index (χ1v) is 3.13. The molecule has 0 bridgehead atoms.